The van der Waals surface area contributed by atoms with Crippen molar-refractivity contribution in [1.29, 1.82) is 0 Å². The molecule has 0 bridgehead atoms. The molecule has 0 radical (unpaired) electrons. The van der Waals surface area contributed by atoms with Crippen LogP contribution in [0.25, 0.3) is 0 Å². The molecule has 0 aliphatic rings. The fraction of sp³-hybridized carbons (Fsp3) is 0.300. The number of aromatic amines is 1. The maximum Gasteiger partial charge on any atom is 0.277 e. The van der Waals surface area contributed by atoms with E-state index in [0.29, 0.717) is 17.2 Å². The van der Waals surface area contributed by atoms with Crippen LogP contribution < -0.4 is 5.32 Å². The van der Waals surface area contributed by atoms with Gasteiger partial charge in [0.25, 0.3) is 5.69 Å². The minimum absolute atomic E-state index is 0.0391. The zero-order valence-corrected chi connectivity index (χ0v) is 9.91. The van der Waals surface area contributed by atoms with Gasteiger partial charge in [-0.15, -0.1) is 0 Å². The minimum atomic E-state index is -0.429. The Kier molecular flexibility index (Phi) is 3.18. The molecule has 0 saturated carbocycles. The lowest BCUT2D eigenvalue weighted by molar-refractivity contribution is -0.385. The lowest BCUT2D eigenvalue weighted by Gasteiger charge is -2.11. The monoisotopic (exact) mass is 248 g/mol. The van der Waals surface area contributed by atoms with E-state index in [9.17, 15) is 10.1 Å². The average molecular weight is 248 g/mol. The van der Waals surface area contributed by atoms with Crippen molar-refractivity contribution in [2.45, 2.75) is 19.9 Å². The summed E-state index contributed by atoms with van der Waals surface area (Å²) < 4.78 is 0. The molecule has 1 atom stereocenters. The summed E-state index contributed by atoms with van der Waals surface area (Å²) in [6, 6.07) is 1.24. The van der Waals surface area contributed by atoms with Crippen LogP contribution in [0.5, 0.6) is 0 Å². The third-order valence-electron chi connectivity index (χ3n) is 2.48. The van der Waals surface area contributed by atoms with Gasteiger partial charge < -0.3 is 5.32 Å². The molecule has 0 fully saturated rings. The van der Waals surface area contributed by atoms with Crippen LogP contribution >= 0.6 is 0 Å². The van der Waals surface area contributed by atoms with E-state index in [2.05, 4.69) is 25.5 Å². The molecule has 2 N–H and O–H groups in total. The smallest absolute Gasteiger partial charge is 0.277 e. The van der Waals surface area contributed by atoms with Crippen molar-refractivity contribution >= 4 is 11.5 Å². The van der Waals surface area contributed by atoms with E-state index < -0.39 is 4.92 Å². The number of aryl methyl sites for hydroxylation is 1. The molecular weight excluding hydrogens is 236 g/mol. The maximum absolute atomic E-state index is 10.8. The van der Waals surface area contributed by atoms with Crippen molar-refractivity contribution in [3.63, 3.8) is 0 Å². The number of nitrogens with one attached hydrogen (secondary N) is 2. The fourth-order valence-corrected chi connectivity index (χ4v) is 1.50. The highest BCUT2D eigenvalue weighted by Gasteiger charge is 2.14. The van der Waals surface area contributed by atoms with Gasteiger partial charge in [0.2, 0.25) is 0 Å². The first-order valence-corrected chi connectivity index (χ1v) is 5.30. The van der Waals surface area contributed by atoms with E-state index in [1.807, 2.05) is 6.92 Å². The summed E-state index contributed by atoms with van der Waals surface area (Å²) in [4.78, 5) is 18.5. The summed E-state index contributed by atoms with van der Waals surface area (Å²) in [5, 5.41) is 20.3. The highest BCUT2D eigenvalue weighted by Crippen LogP contribution is 2.22. The number of nitrogens with zero attached hydrogens (tertiary/aromatic N) is 4. The zero-order chi connectivity index (χ0) is 13.1. The summed E-state index contributed by atoms with van der Waals surface area (Å²) in [7, 11) is 0. The number of hydrogen-bond donors (Lipinski definition) is 2. The second kappa shape index (κ2) is 4.78. The Morgan fingerprint density at radius 2 is 2.28 bits per heavy atom. The molecule has 0 aliphatic heterocycles. The quantitative estimate of drug-likeness (QED) is 0.628. The molecule has 2 aromatic heterocycles. The van der Waals surface area contributed by atoms with Crippen LogP contribution in [0.1, 0.15) is 24.4 Å². The van der Waals surface area contributed by atoms with Crippen molar-refractivity contribution in [3.8, 4) is 0 Å². The highest BCUT2D eigenvalue weighted by atomic mass is 16.6. The Labute approximate surface area is 103 Å². The number of hydrogen-bond acceptors (Lipinski definition) is 6. The molecule has 8 nitrogen and oxygen atoms in total. The second-order valence-corrected chi connectivity index (χ2v) is 3.85. The first kappa shape index (κ1) is 12.0. The SMILES string of the molecule is Cc1cnc(NC(C)c2ncn[nH]2)cc1[N+](=O)[O-]. The van der Waals surface area contributed by atoms with Crippen molar-refractivity contribution in [1.82, 2.24) is 20.2 Å². The predicted octanol–water partition coefficient (Wildman–Crippen LogP) is 1.59. The van der Waals surface area contributed by atoms with Gasteiger partial charge in [-0.05, 0) is 13.8 Å². The Morgan fingerprint density at radius 3 is 2.89 bits per heavy atom. The van der Waals surface area contributed by atoms with Gasteiger partial charge in [-0.2, -0.15) is 5.10 Å². The normalized spacial score (nSPS) is 12.1. The summed E-state index contributed by atoms with van der Waals surface area (Å²) in [6.45, 7) is 3.50. The number of anilines is 1. The zero-order valence-electron chi connectivity index (χ0n) is 9.91. The van der Waals surface area contributed by atoms with Gasteiger partial charge in [0.15, 0.2) is 0 Å². The Hall–Kier alpha value is -2.51. The number of pyridine rings is 1. The number of rotatable bonds is 4. The number of H-pyrrole nitrogens is 1. The Bertz CT molecular complexity index is 554. The second-order valence-electron chi connectivity index (χ2n) is 3.85. The van der Waals surface area contributed by atoms with Gasteiger partial charge in [-0.3, -0.25) is 15.2 Å². The Balaban J connectivity index is 2.20. The molecule has 0 aliphatic carbocycles. The first-order chi connectivity index (χ1) is 8.58. The molecule has 0 amide bonds. The van der Waals surface area contributed by atoms with E-state index >= 15 is 0 Å². The van der Waals surface area contributed by atoms with Crippen LogP contribution in [0, 0.1) is 17.0 Å². The van der Waals surface area contributed by atoms with Gasteiger partial charge in [0, 0.05) is 11.8 Å². The van der Waals surface area contributed by atoms with Crippen LogP contribution in [-0.2, 0) is 0 Å². The van der Waals surface area contributed by atoms with Crippen molar-refractivity contribution in [2.24, 2.45) is 0 Å². The Morgan fingerprint density at radius 1 is 1.50 bits per heavy atom. The van der Waals surface area contributed by atoms with Crippen molar-refractivity contribution in [3.05, 3.63) is 40.1 Å². The number of aromatic nitrogens is 4. The molecule has 94 valence electrons. The molecule has 0 spiro atoms. The summed E-state index contributed by atoms with van der Waals surface area (Å²) in [6.07, 6.45) is 2.87. The lowest BCUT2D eigenvalue weighted by Crippen LogP contribution is -2.10. The first-order valence-electron chi connectivity index (χ1n) is 5.30. The predicted molar refractivity (Wildman–Crippen MR) is 64.0 cm³/mol. The van der Waals surface area contributed by atoms with E-state index in [4.69, 9.17) is 0 Å². The molecule has 8 heteroatoms. The largest absolute Gasteiger partial charge is 0.360 e. The third kappa shape index (κ3) is 2.42. The van der Waals surface area contributed by atoms with Crippen molar-refractivity contribution in [2.75, 3.05) is 5.32 Å². The van der Waals surface area contributed by atoms with E-state index in [0.717, 1.165) is 0 Å². The van der Waals surface area contributed by atoms with Crippen LogP contribution in [0.15, 0.2) is 18.6 Å². The van der Waals surface area contributed by atoms with E-state index in [1.165, 1.54) is 18.6 Å². The van der Waals surface area contributed by atoms with Gasteiger partial charge in [0.05, 0.1) is 17.0 Å². The molecule has 2 aromatic rings. The molecule has 2 rings (SSSR count). The van der Waals surface area contributed by atoms with Crippen molar-refractivity contribution < 1.29 is 4.92 Å². The van der Waals surface area contributed by atoms with E-state index in [-0.39, 0.29) is 11.7 Å². The van der Waals surface area contributed by atoms with E-state index in [1.54, 1.807) is 6.92 Å². The van der Waals surface area contributed by atoms with Gasteiger partial charge in [0.1, 0.15) is 18.0 Å². The molecule has 1 unspecified atom stereocenters. The fourth-order valence-electron chi connectivity index (χ4n) is 1.50. The maximum atomic E-state index is 10.8. The molecule has 18 heavy (non-hydrogen) atoms. The molecule has 0 aromatic carbocycles. The summed E-state index contributed by atoms with van der Waals surface area (Å²) in [5.41, 5.74) is 0.565. The average Bonchev–Trinajstić information content (AvgIpc) is 2.85. The molecule has 2 heterocycles. The van der Waals surface area contributed by atoms with Gasteiger partial charge in [-0.25, -0.2) is 9.97 Å². The molecule has 0 saturated heterocycles. The molecular formula is C10H12N6O2. The summed E-state index contributed by atoms with van der Waals surface area (Å²) in [5.74, 6) is 1.07. The van der Waals surface area contributed by atoms with Crippen LogP contribution in [0.2, 0.25) is 0 Å². The minimum Gasteiger partial charge on any atom is -0.360 e. The van der Waals surface area contributed by atoms with Crippen LogP contribution in [0.4, 0.5) is 11.5 Å². The van der Waals surface area contributed by atoms with Crippen LogP contribution in [-0.4, -0.2) is 25.1 Å². The summed E-state index contributed by atoms with van der Waals surface area (Å²) >= 11 is 0. The van der Waals surface area contributed by atoms with Crippen LogP contribution in [0.3, 0.4) is 0 Å². The third-order valence-corrected chi connectivity index (χ3v) is 2.48. The number of nitro groups is 1. The topological polar surface area (TPSA) is 110 Å². The lowest BCUT2D eigenvalue weighted by atomic mass is 10.2. The van der Waals surface area contributed by atoms with Gasteiger partial charge in [-0.1, -0.05) is 0 Å². The standard InChI is InChI=1S/C10H12N6O2/c1-6-4-11-9(3-8(6)16(17)18)14-7(2)10-12-5-13-15-10/h3-5,7H,1-2H3,(H,11,14)(H,12,13,15). The van der Waals surface area contributed by atoms with Gasteiger partial charge >= 0.3 is 0 Å². The highest BCUT2D eigenvalue weighted by molar-refractivity contribution is 5.49.